The van der Waals surface area contributed by atoms with E-state index in [0.717, 1.165) is 25.7 Å². The molecule has 0 unspecified atom stereocenters. The van der Waals surface area contributed by atoms with Crippen LogP contribution < -0.4 is 0 Å². The van der Waals surface area contributed by atoms with E-state index in [1.807, 2.05) is 0 Å². The van der Waals surface area contributed by atoms with Gasteiger partial charge in [-0.3, -0.25) is 0 Å². The van der Waals surface area contributed by atoms with Crippen molar-refractivity contribution >= 4 is 5.97 Å². The van der Waals surface area contributed by atoms with E-state index in [1.54, 1.807) is 7.11 Å². The molecule has 3 nitrogen and oxygen atoms in total. The normalized spacial score (nSPS) is 28.4. The predicted octanol–water partition coefficient (Wildman–Crippen LogP) is 1.83. The molecule has 0 aromatic carbocycles. The van der Waals surface area contributed by atoms with Crippen LogP contribution in [0.3, 0.4) is 0 Å². The monoisotopic (exact) mass is 184 g/mol. The molecular formula is C10H16O3. The van der Waals surface area contributed by atoms with Crippen LogP contribution in [0.1, 0.15) is 25.7 Å². The summed E-state index contributed by atoms with van der Waals surface area (Å²) >= 11 is 0. The summed E-state index contributed by atoms with van der Waals surface area (Å²) in [7, 11) is 1.71. The van der Waals surface area contributed by atoms with Gasteiger partial charge in [-0.1, -0.05) is 6.58 Å². The fourth-order valence-corrected chi connectivity index (χ4v) is 1.82. The van der Waals surface area contributed by atoms with Gasteiger partial charge in [0.25, 0.3) is 0 Å². The Hall–Kier alpha value is -0.830. The third-order valence-corrected chi connectivity index (χ3v) is 2.78. The molecule has 1 aliphatic rings. The van der Waals surface area contributed by atoms with Crippen LogP contribution in [0.2, 0.25) is 0 Å². The zero-order valence-corrected chi connectivity index (χ0v) is 7.95. The lowest BCUT2D eigenvalue weighted by atomic mass is 9.83. The molecule has 0 bridgehead atoms. The lowest BCUT2D eigenvalue weighted by Crippen LogP contribution is -2.23. The van der Waals surface area contributed by atoms with Crippen LogP contribution in [0.4, 0.5) is 0 Å². The van der Waals surface area contributed by atoms with Gasteiger partial charge in [0, 0.05) is 12.7 Å². The van der Waals surface area contributed by atoms with Gasteiger partial charge in [0.1, 0.15) is 0 Å². The topological polar surface area (TPSA) is 46.5 Å². The molecule has 1 saturated carbocycles. The summed E-state index contributed by atoms with van der Waals surface area (Å²) in [4.78, 5) is 10.6. The van der Waals surface area contributed by atoms with Crippen LogP contribution in [-0.4, -0.2) is 24.3 Å². The fraction of sp³-hybridized carbons (Fsp3) is 0.700. The molecule has 1 fully saturated rings. The first-order valence-corrected chi connectivity index (χ1v) is 4.60. The summed E-state index contributed by atoms with van der Waals surface area (Å²) < 4.78 is 5.20. The van der Waals surface area contributed by atoms with Gasteiger partial charge in [-0.15, -0.1) is 0 Å². The van der Waals surface area contributed by atoms with Crippen molar-refractivity contribution in [3.63, 3.8) is 0 Å². The molecule has 0 saturated heterocycles. The second kappa shape index (κ2) is 4.42. The summed E-state index contributed by atoms with van der Waals surface area (Å²) in [5.74, 6) is -0.704. The molecule has 0 amide bonds. The van der Waals surface area contributed by atoms with Crippen molar-refractivity contribution in [1.29, 1.82) is 0 Å². The first kappa shape index (κ1) is 10.3. The van der Waals surface area contributed by atoms with Gasteiger partial charge in [0.15, 0.2) is 0 Å². The second-order valence-electron chi connectivity index (χ2n) is 3.54. The largest absolute Gasteiger partial charge is 0.478 e. The molecular weight excluding hydrogens is 168 g/mol. The van der Waals surface area contributed by atoms with Crippen molar-refractivity contribution in [3.8, 4) is 0 Å². The quantitative estimate of drug-likeness (QED) is 0.681. The number of aliphatic carboxylic acids is 1. The highest BCUT2D eigenvalue weighted by atomic mass is 16.5. The standard InChI is InChI=1S/C10H16O3/c1-7(10(11)12)8-3-5-9(13-2)6-4-8/h8-9H,1,3-6H2,2H3,(H,11,12). The zero-order valence-electron chi connectivity index (χ0n) is 7.95. The Morgan fingerprint density at radius 3 is 2.31 bits per heavy atom. The lowest BCUT2D eigenvalue weighted by molar-refractivity contribution is -0.133. The van der Waals surface area contributed by atoms with Gasteiger partial charge < -0.3 is 9.84 Å². The summed E-state index contributed by atoms with van der Waals surface area (Å²) in [6.45, 7) is 3.59. The van der Waals surface area contributed by atoms with E-state index in [4.69, 9.17) is 9.84 Å². The molecule has 0 spiro atoms. The van der Waals surface area contributed by atoms with Gasteiger partial charge in [-0.05, 0) is 31.6 Å². The summed E-state index contributed by atoms with van der Waals surface area (Å²) in [5.41, 5.74) is 0.356. The van der Waals surface area contributed by atoms with Crippen LogP contribution in [0.15, 0.2) is 12.2 Å². The number of carboxylic acid groups (broad SMARTS) is 1. The molecule has 0 heterocycles. The number of methoxy groups -OCH3 is 1. The Morgan fingerprint density at radius 1 is 1.38 bits per heavy atom. The van der Waals surface area contributed by atoms with Crippen LogP contribution in [-0.2, 0) is 9.53 Å². The highest BCUT2D eigenvalue weighted by Gasteiger charge is 2.25. The van der Waals surface area contributed by atoms with Crippen molar-refractivity contribution in [2.24, 2.45) is 5.92 Å². The molecule has 0 aliphatic heterocycles. The van der Waals surface area contributed by atoms with Crippen molar-refractivity contribution in [1.82, 2.24) is 0 Å². The maximum Gasteiger partial charge on any atom is 0.331 e. The Balaban J connectivity index is 2.41. The minimum absolute atomic E-state index is 0.156. The molecule has 0 aromatic heterocycles. The number of hydrogen-bond donors (Lipinski definition) is 1. The molecule has 0 radical (unpaired) electrons. The van der Waals surface area contributed by atoms with E-state index in [1.165, 1.54) is 0 Å². The average molecular weight is 184 g/mol. The smallest absolute Gasteiger partial charge is 0.331 e. The second-order valence-corrected chi connectivity index (χ2v) is 3.54. The first-order valence-electron chi connectivity index (χ1n) is 4.60. The summed E-state index contributed by atoms with van der Waals surface area (Å²) in [6, 6.07) is 0. The molecule has 74 valence electrons. The number of carboxylic acids is 1. The fourth-order valence-electron chi connectivity index (χ4n) is 1.82. The highest BCUT2D eigenvalue weighted by Crippen LogP contribution is 2.30. The van der Waals surface area contributed by atoms with Gasteiger partial charge in [-0.2, -0.15) is 0 Å². The molecule has 1 aliphatic carbocycles. The van der Waals surface area contributed by atoms with E-state index in [0.29, 0.717) is 11.7 Å². The van der Waals surface area contributed by atoms with E-state index in [2.05, 4.69) is 6.58 Å². The molecule has 13 heavy (non-hydrogen) atoms. The van der Waals surface area contributed by atoms with Crippen molar-refractivity contribution < 1.29 is 14.6 Å². The van der Waals surface area contributed by atoms with Gasteiger partial charge >= 0.3 is 5.97 Å². The van der Waals surface area contributed by atoms with Gasteiger partial charge in [0.2, 0.25) is 0 Å². The van der Waals surface area contributed by atoms with Crippen LogP contribution >= 0.6 is 0 Å². The molecule has 1 rings (SSSR count). The number of rotatable bonds is 3. The maximum absolute atomic E-state index is 10.6. The number of hydrogen-bond acceptors (Lipinski definition) is 2. The first-order chi connectivity index (χ1) is 6.15. The minimum Gasteiger partial charge on any atom is -0.478 e. The maximum atomic E-state index is 10.6. The highest BCUT2D eigenvalue weighted by molar-refractivity contribution is 5.86. The Labute approximate surface area is 78.4 Å². The third kappa shape index (κ3) is 2.56. The van der Waals surface area contributed by atoms with Crippen molar-refractivity contribution in [2.45, 2.75) is 31.8 Å². The average Bonchev–Trinajstić information content (AvgIpc) is 2.17. The van der Waals surface area contributed by atoms with E-state index >= 15 is 0 Å². The minimum atomic E-state index is -0.860. The Bertz CT molecular complexity index is 202. The van der Waals surface area contributed by atoms with Gasteiger partial charge in [-0.25, -0.2) is 4.79 Å². The molecule has 0 aromatic rings. The number of ether oxygens (including phenoxy) is 1. The van der Waals surface area contributed by atoms with E-state index < -0.39 is 5.97 Å². The third-order valence-electron chi connectivity index (χ3n) is 2.78. The SMILES string of the molecule is C=C(C(=O)O)C1CCC(OC)CC1. The van der Waals surface area contributed by atoms with E-state index in [-0.39, 0.29) is 5.92 Å². The predicted molar refractivity (Wildman–Crippen MR) is 49.5 cm³/mol. The lowest BCUT2D eigenvalue weighted by Gasteiger charge is -2.27. The Morgan fingerprint density at radius 2 is 1.92 bits per heavy atom. The zero-order chi connectivity index (χ0) is 9.84. The summed E-state index contributed by atoms with van der Waals surface area (Å²) in [6.07, 6.45) is 4.01. The van der Waals surface area contributed by atoms with Crippen LogP contribution in [0.5, 0.6) is 0 Å². The van der Waals surface area contributed by atoms with Crippen LogP contribution in [0.25, 0.3) is 0 Å². The van der Waals surface area contributed by atoms with Crippen molar-refractivity contribution in [3.05, 3.63) is 12.2 Å². The molecule has 3 heteroatoms. The summed E-state index contributed by atoms with van der Waals surface area (Å²) in [5, 5.41) is 8.73. The van der Waals surface area contributed by atoms with Gasteiger partial charge in [0.05, 0.1) is 6.10 Å². The van der Waals surface area contributed by atoms with Crippen molar-refractivity contribution in [2.75, 3.05) is 7.11 Å². The Kier molecular flexibility index (Phi) is 3.48. The van der Waals surface area contributed by atoms with Crippen LogP contribution in [0, 0.1) is 5.92 Å². The van der Waals surface area contributed by atoms with E-state index in [9.17, 15) is 4.79 Å². The molecule has 0 atom stereocenters. The molecule has 1 N–H and O–H groups in total. The number of carbonyl (C=O) groups is 1.